The molecule has 1 unspecified atom stereocenters. The second-order valence-electron chi connectivity index (χ2n) is 6.14. The van der Waals surface area contributed by atoms with Crippen LogP contribution in [0.25, 0.3) is 0 Å². The van der Waals surface area contributed by atoms with Gasteiger partial charge in [-0.15, -0.1) is 10.2 Å². The summed E-state index contributed by atoms with van der Waals surface area (Å²) in [7, 11) is 0. The lowest BCUT2D eigenvalue weighted by Gasteiger charge is -2.32. The summed E-state index contributed by atoms with van der Waals surface area (Å²) in [6, 6.07) is 3.48. The summed E-state index contributed by atoms with van der Waals surface area (Å²) in [5, 5.41) is 11.5. The lowest BCUT2D eigenvalue weighted by atomic mass is 9.97. The van der Waals surface area contributed by atoms with Crippen LogP contribution in [0.3, 0.4) is 0 Å². The van der Waals surface area contributed by atoms with E-state index in [1.807, 2.05) is 4.90 Å². The number of ether oxygens (including phenoxy) is 1. The van der Waals surface area contributed by atoms with Gasteiger partial charge in [0, 0.05) is 13.1 Å². The molecule has 3 heterocycles. The van der Waals surface area contributed by atoms with Crippen molar-refractivity contribution in [1.29, 1.82) is 0 Å². The predicted octanol–water partition coefficient (Wildman–Crippen LogP) is 2.93. The topological polar surface area (TPSA) is 97.3 Å². The number of esters is 1. The van der Waals surface area contributed by atoms with Crippen LogP contribution in [-0.4, -0.2) is 46.8 Å². The molecular weight excluding hydrogens is 390 g/mol. The number of aromatic nitrogens is 3. The first kappa shape index (κ1) is 19.5. The van der Waals surface area contributed by atoms with E-state index in [4.69, 9.17) is 16.3 Å². The Bertz CT molecular complexity index is 826. The van der Waals surface area contributed by atoms with Gasteiger partial charge < -0.3 is 15.0 Å². The fraction of sp³-hybridized carbons (Fsp3) is 0.471. The van der Waals surface area contributed by atoms with E-state index in [9.17, 15) is 9.59 Å². The molecule has 1 N–H and O–H groups in total. The van der Waals surface area contributed by atoms with Crippen LogP contribution in [0.1, 0.15) is 35.1 Å². The number of hydrogen-bond donors (Lipinski definition) is 1. The van der Waals surface area contributed by atoms with Crippen molar-refractivity contribution in [3.05, 3.63) is 27.9 Å². The minimum atomic E-state index is -0.418. The van der Waals surface area contributed by atoms with Crippen LogP contribution >= 0.6 is 22.9 Å². The first-order valence-electron chi connectivity index (χ1n) is 8.67. The molecule has 3 rings (SSSR count). The third kappa shape index (κ3) is 4.72. The fourth-order valence-electron chi connectivity index (χ4n) is 2.92. The molecule has 10 heteroatoms. The summed E-state index contributed by atoms with van der Waals surface area (Å²) < 4.78 is 5.00. The zero-order valence-electron chi connectivity index (χ0n) is 15.1. The van der Waals surface area contributed by atoms with Gasteiger partial charge >= 0.3 is 5.97 Å². The zero-order valence-corrected chi connectivity index (χ0v) is 16.6. The molecular formula is C17H20ClN5O3S. The average Bonchev–Trinajstić information content (AvgIpc) is 3.03. The monoisotopic (exact) mass is 409 g/mol. The number of amides is 1. The normalized spacial score (nSPS) is 16.9. The molecule has 1 fully saturated rings. The van der Waals surface area contributed by atoms with E-state index in [2.05, 4.69) is 20.5 Å². The fourth-order valence-corrected chi connectivity index (χ4v) is 3.88. The molecule has 1 saturated heterocycles. The highest BCUT2D eigenvalue weighted by Crippen LogP contribution is 2.26. The van der Waals surface area contributed by atoms with Crippen molar-refractivity contribution in [2.75, 3.05) is 29.9 Å². The Morgan fingerprint density at radius 3 is 2.93 bits per heavy atom. The minimum absolute atomic E-state index is 0.120. The number of nitrogens with one attached hydrogen (secondary N) is 1. The van der Waals surface area contributed by atoms with Gasteiger partial charge in [0.1, 0.15) is 4.88 Å². The molecule has 27 heavy (non-hydrogen) atoms. The van der Waals surface area contributed by atoms with Gasteiger partial charge in [0.25, 0.3) is 0 Å². The smallest absolute Gasteiger partial charge is 0.350 e. The highest BCUT2D eigenvalue weighted by Gasteiger charge is 2.28. The number of thiazole rings is 1. The van der Waals surface area contributed by atoms with Crippen molar-refractivity contribution < 1.29 is 14.3 Å². The maximum atomic E-state index is 12.7. The van der Waals surface area contributed by atoms with Crippen LogP contribution in [-0.2, 0) is 9.53 Å². The number of halogens is 1. The number of carbonyl (C=O) groups is 2. The highest BCUT2D eigenvalue weighted by molar-refractivity contribution is 7.17. The van der Waals surface area contributed by atoms with Gasteiger partial charge in [-0.05, 0) is 38.8 Å². The lowest BCUT2D eigenvalue weighted by molar-refractivity contribution is -0.120. The number of piperidine rings is 1. The lowest BCUT2D eigenvalue weighted by Crippen LogP contribution is -2.41. The molecule has 1 aliphatic heterocycles. The molecule has 8 nitrogen and oxygen atoms in total. The van der Waals surface area contributed by atoms with Gasteiger partial charge in [-0.3, -0.25) is 4.79 Å². The molecule has 1 amide bonds. The van der Waals surface area contributed by atoms with Crippen molar-refractivity contribution in [3.63, 3.8) is 0 Å². The van der Waals surface area contributed by atoms with E-state index in [0.717, 1.165) is 30.7 Å². The largest absolute Gasteiger partial charge is 0.462 e. The molecule has 1 atom stereocenters. The van der Waals surface area contributed by atoms with Crippen LogP contribution in [0.15, 0.2) is 12.1 Å². The molecule has 2 aromatic rings. The maximum absolute atomic E-state index is 12.7. The molecule has 0 radical (unpaired) electrons. The highest BCUT2D eigenvalue weighted by atomic mass is 35.5. The molecule has 0 saturated carbocycles. The van der Waals surface area contributed by atoms with Gasteiger partial charge in [-0.25, -0.2) is 9.78 Å². The SMILES string of the molecule is CCOC(=O)c1sc(NC(=O)C2CCCN(c3ccc(Cl)nn3)C2)nc1C. The molecule has 1 aliphatic rings. The Balaban J connectivity index is 1.64. The van der Waals surface area contributed by atoms with Crippen molar-refractivity contribution in [3.8, 4) is 0 Å². The van der Waals surface area contributed by atoms with E-state index in [1.54, 1.807) is 26.0 Å². The van der Waals surface area contributed by atoms with Crippen molar-refractivity contribution in [2.24, 2.45) is 5.92 Å². The molecule has 0 bridgehead atoms. The molecule has 0 spiro atoms. The van der Waals surface area contributed by atoms with E-state index in [1.165, 1.54) is 0 Å². The second-order valence-corrected chi connectivity index (χ2v) is 7.53. The second kappa shape index (κ2) is 8.62. The Morgan fingerprint density at radius 2 is 2.22 bits per heavy atom. The van der Waals surface area contributed by atoms with E-state index < -0.39 is 5.97 Å². The zero-order chi connectivity index (χ0) is 19.4. The summed E-state index contributed by atoms with van der Waals surface area (Å²) >= 11 is 6.91. The summed E-state index contributed by atoms with van der Waals surface area (Å²) in [5.74, 6) is -0.0398. The Morgan fingerprint density at radius 1 is 1.41 bits per heavy atom. The van der Waals surface area contributed by atoms with Crippen LogP contribution in [0.2, 0.25) is 5.15 Å². The van der Waals surface area contributed by atoms with Gasteiger partial charge in [0.2, 0.25) is 5.91 Å². The van der Waals surface area contributed by atoms with Crippen LogP contribution in [0.4, 0.5) is 10.9 Å². The first-order chi connectivity index (χ1) is 13.0. The summed E-state index contributed by atoms with van der Waals surface area (Å²) in [6.45, 7) is 5.11. The average molecular weight is 410 g/mol. The molecule has 0 aliphatic carbocycles. The number of hydrogen-bond acceptors (Lipinski definition) is 8. The Hall–Kier alpha value is -2.26. The van der Waals surface area contributed by atoms with Crippen LogP contribution in [0.5, 0.6) is 0 Å². The van der Waals surface area contributed by atoms with Gasteiger partial charge in [0.15, 0.2) is 16.1 Å². The number of carbonyl (C=O) groups excluding carboxylic acids is 2. The maximum Gasteiger partial charge on any atom is 0.350 e. The number of rotatable bonds is 5. The third-order valence-electron chi connectivity index (χ3n) is 4.22. The third-order valence-corrected chi connectivity index (χ3v) is 5.48. The van der Waals surface area contributed by atoms with Crippen molar-refractivity contribution >= 4 is 45.8 Å². The van der Waals surface area contributed by atoms with Gasteiger partial charge in [-0.1, -0.05) is 22.9 Å². The predicted molar refractivity (Wildman–Crippen MR) is 103 cm³/mol. The van der Waals surface area contributed by atoms with E-state index >= 15 is 0 Å². The minimum Gasteiger partial charge on any atom is -0.462 e. The number of aryl methyl sites for hydroxylation is 1. The van der Waals surface area contributed by atoms with E-state index in [-0.39, 0.29) is 11.8 Å². The quantitative estimate of drug-likeness (QED) is 0.758. The number of anilines is 2. The van der Waals surface area contributed by atoms with Crippen molar-refractivity contribution in [1.82, 2.24) is 15.2 Å². The standard InChI is InChI=1S/C17H20ClN5O3S/c1-3-26-16(25)14-10(2)19-17(27-14)20-15(24)11-5-4-8-23(9-11)13-7-6-12(18)21-22-13/h6-7,11H,3-5,8-9H2,1-2H3,(H,19,20,24). The van der Waals surface area contributed by atoms with Crippen LogP contribution in [0, 0.1) is 12.8 Å². The van der Waals surface area contributed by atoms with Gasteiger partial charge in [-0.2, -0.15) is 0 Å². The Kier molecular flexibility index (Phi) is 6.22. The van der Waals surface area contributed by atoms with Crippen molar-refractivity contribution in [2.45, 2.75) is 26.7 Å². The first-order valence-corrected chi connectivity index (χ1v) is 9.87. The Labute approximate surface area is 165 Å². The summed E-state index contributed by atoms with van der Waals surface area (Å²) in [4.78, 5) is 31.3. The van der Waals surface area contributed by atoms with E-state index in [0.29, 0.717) is 39.8 Å². The molecule has 144 valence electrons. The summed E-state index contributed by atoms with van der Waals surface area (Å²) in [6.07, 6.45) is 1.64. The van der Waals surface area contributed by atoms with Crippen LogP contribution < -0.4 is 10.2 Å². The molecule has 2 aromatic heterocycles. The molecule has 0 aromatic carbocycles. The van der Waals surface area contributed by atoms with Gasteiger partial charge in [0.05, 0.1) is 18.2 Å². The summed E-state index contributed by atoms with van der Waals surface area (Å²) in [5.41, 5.74) is 0.551. The number of nitrogens with zero attached hydrogens (tertiary/aromatic N) is 4.